The van der Waals surface area contributed by atoms with E-state index in [0.717, 1.165) is 6.42 Å². The highest BCUT2D eigenvalue weighted by Gasteiger charge is 2.27. The fourth-order valence-electron chi connectivity index (χ4n) is 1.68. The van der Waals surface area contributed by atoms with Gasteiger partial charge in [0.15, 0.2) is 0 Å². The van der Waals surface area contributed by atoms with Gasteiger partial charge in [-0.1, -0.05) is 6.92 Å². The summed E-state index contributed by atoms with van der Waals surface area (Å²) in [6.07, 6.45) is -3.09. The lowest BCUT2D eigenvalue weighted by atomic mass is 10.0. The highest BCUT2D eigenvalue weighted by atomic mass is 19.4. The third kappa shape index (κ3) is 7.87. The van der Waals surface area contributed by atoms with E-state index < -0.39 is 18.6 Å². The Morgan fingerprint density at radius 1 is 1.19 bits per heavy atom. The van der Waals surface area contributed by atoms with Gasteiger partial charge in [0.05, 0.1) is 6.61 Å². The second kappa shape index (κ2) is 8.19. The first-order chi connectivity index (χ1) is 9.80. The minimum Gasteiger partial charge on any atom is -0.491 e. The Kier molecular flexibility index (Phi) is 6.91. The van der Waals surface area contributed by atoms with Crippen LogP contribution in [0.15, 0.2) is 18.2 Å². The standard InChI is InChI=1S/C14H19F4NO2/c1-2-12(19)6-10-5-11(15)8-13(7-10)21-4-3-20-9-14(16,17)18/h5,7-8,12H,2-4,6,9,19H2,1H3. The first-order valence-corrected chi connectivity index (χ1v) is 6.62. The maximum Gasteiger partial charge on any atom is 0.411 e. The molecule has 0 radical (unpaired) electrons. The van der Waals surface area contributed by atoms with Crippen LogP contribution in [0, 0.1) is 5.82 Å². The van der Waals surface area contributed by atoms with Crippen LogP contribution in [0.25, 0.3) is 0 Å². The molecule has 3 nitrogen and oxygen atoms in total. The molecule has 0 fully saturated rings. The Balaban J connectivity index is 2.44. The van der Waals surface area contributed by atoms with Crippen molar-refractivity contribution in [2.24, 2.45) is 5.73 Å². The summed E-state index contributed by atoms with van der Waals surface area (Å²) in [6.45, 7) is 0.300. The molecule has 1 atom stereocenters. The number of halogens is 4. The van der Waals surface area contributed by atoms with Crippen molar-refractivity contribution in [1.82, 2.24) is 0 Å². The third-order valence-corrected chi connectivity index (χ3v) is 2.72. The Hall–Kier alpha value is -1.34. The summed E-state index contributed by atoms with van der Waals surface area (Å²) < 4.78 is 58.5. The van der Waals surface area contributed by atoms with Crippen molar-refractivity contribution in [3.05, 3.63) is 29.6 Å². The van der Waals surface area contributed by atoms with Crippen molar-refractivity contribution in [2.45, 2.75) is 32.0 Å². The van der Waals surface area contributed by atoms with Crippen LogP contribution >= 0.6 is 0 Å². The predicted octanol–water partition coefficient (Wildman–Crippen LogP) is 3.06. The normalized spacial score (nSPS) is 13.2. The topological polar surface area (TPSA) is 44.5 Å². The van der Waals surface area contributed by atoms with E-state index in [1.165, 1.54) is 12.1 Å². The van der Waals surface area contributed by atoms with Crippen LogP contribution in [0.4, 0.5) is 17.6 Å². The van der Waals surface area contributed by atoms with Crippen molar-refractivity contribution in [3.63, 3.8) is 0 Å². The van der Waals surface area contributed by atoms with Crippen molar-refractivity contribution in [1.29, 1.82) is 0 Å². The van der Waals surface area contributed by atoms with Crippen LogP contribution in [0.5, 0.6) is 5.75 Å². The van der Waals surface area contributed by atoms with E-state index in [0.29, 0.717) is 12.0 Å². The van der Waals surface area contributed by atoms with Gasteiger partial charge in [0, 0.05) is 12.1 Å². The number of rotatable bonds is 8. The molecular formula is C14H19F4NO2. The molecule has 7 heteroatoms. The van der Waals surface area contributed by atoms with Gasteiger partial charge in [-0.15, -0.1) is 0 Å². The van der Waals surface area contributed by atoms with Crippen LogP contribution in [0.3, 0.4) is 0 Å². The van der Waals surface area contributed by atoms with E-state index >= 15 is 0 Å². The van der Waals surface area contributed by atoms with E-state index in [-0.39, 0.29) is 25.0 Å². The van der Waals surface area contributed by atoms with Gasteiger partial charge in [-0.3, -0.25) is 0 Å². The summed E-state index contributed by atoms with van der Waals surface area (Å²) in [4.78, 5) is 0. The molecule has 1 aromatic carbocycles. The van der Waals surface area contributed by atoms with Gasteiger partial charge in [0.25, 0.3) is 0 Å². The summed E-state index contributed by atoms with van der Waals surface area (Å²) in [7, 11) is 0. The van der Waals surface area contributed by atoms with Gasteiger partial charge >= 0.3 is 6.18 Å². The molecule has 0 saturated heterocycles. The largest absolute Gasteiger partial charge is 0.491 e. The molecule has 1 unspecified atom stereocenters. The molecule has 120 valence electrons. The molecule has 2 N–H and O–H groups in total. The molecule has 0 spiro atoms. The van der Waals surface area contributed by atoms with Crippen molar-refractivity contribution in [3.8, 4) is 5.75 Å². The fraction of sp³-hybridized carbons (Fsp3) is 0.571. The highest BCUT2D eigenvalue weighted by molar-refractivity contribution is 5.30. The third-order valence-electron chi connectivity index (χ3n) is 2.72. The Labute approximate surface area is 121 Å². The molecule has 0 aliphatic rings. The van der Waals surface area contributed by atoms with E-state index in [1.807, 2.05) is 6.92 Å². The summed E-state index contributed by atoms with van der Waals surface area (Å²) in [5, 5.41) is 0. The zero-order chi connectivity index (χ0) is 15.9. The first-order valence-electron chi connectivity index (χ1n) is 6.62. The zero-order valence-electron chi connectivity index (χ0n) is 11.8. The molecular weight excluding hydrogens is 290 g/mol. The number of nitrogens with two attached hydrogens (primary N) is 1. The molecule has 0 aromatic heterocycles. The van der Waals surface area contributed by atoms with Crippen LogP contribution in [-0.4, -0.2) is 32.0 Å². The van der Waals surface area contributed by atoms with Gasteiger partial charge in [0.1, 0.15) is 24.8 Å². The molecule has 0 bridgehead atoms. The Morgan fingerprint density at radius 3 is 2.52 bits per heavy atom. The van der Waals surface area contributed by atoms with Crippen molar-refractivity contribution < 1.29 is 27.0 Å². The fourth-order valence-corrected chi connectivity index (χ4v) is 1.68. The van der Waals surface area contributed by atoms with Gasteiger partial charge in [-0.2, -0.15) is 13.2 Å². The van der Waals surface area contributed by atoms with Crippen LogP contribution in [0.1, 0.15) is 18.9 Å². The molecule has 0 aliphatic heterocycles. The minimum atomic E-state index is -4.36. The summed E-state index contributed by atoms with van der Waals surface area (Å²) >= 11 is 0. The average Bonchev–Trinajstić information content (AvgIpc) is 2.36. The molecule has 0 saturated carbocycles. The molecule has 0 aliphatic carbocycles. The number of ether oxygens (including phenoxy) is 2. The maximum atomic E-state index is 13.4. The maximum absolute atomic E-state index is 13.4. The predicted molar refractivity (Wildman–Crippen MR) is 70.7 cm³/mol. The summed E-state index contributed by atoms with van der Waals surface area (Å²) in [5.41, 5.74) is 6.49. The van der Waals surface area contributed by atoms with Crippen LogP contribution in [0.2, 0.25) is 0 Å². The Morgan fingerprint density at radius 2 is 1.90 bits per heavy atom. The van der Waals surface area contributed by atoms with E-state index in [2.05, 4.69) is 4.74 Å². The smallest absolute Gasteiger partial charge is 0.411 e. The monoisotopic (exact) mass is 309 g/mol. The van der Waals surface area contributed by atoms with Gasteiger partial charge in [-0.25, -0.2) is 4.39 Å². The molecule has 21 heavy (non-hydrogen) atoms. The van der Waals surface area contributed by atoms with Gasteiger partial charge in [0.2, 0.25) is 0 Å². The average molecular weight is 309 g/mol. The highest BCUT2D eigenvalue weighted by Crippen LogP contribution is 2.18. The summed E-state index contributed by atoms with van der Waals surface area (Å²) in [6, 6.07) is 4.09. The van der Waals surface area contributed by atoms with Gasteiger partial charge < -0.3 is 15.2 Å². The second-order valence-corrected chi connectivity index (χ2v) is 4.68. The van der Waals surface area contributed by atoms with Crippen molar-refractivity contribution in [2.75, 3.05) is 19.8 Å². The number of alkyl halides is 3. The second-order valence-electron chi connectivity index (χ2n) is 4.68. The Bertz CT molecular complexity index is 437. The van der Waals surface area contributed by atoms with E-state index in [9.17, 15) is 17.6 Å². The number of hydrogen-bond donors (Lipinski definition) is 1. The quantitative estimate of drug-likeness (QED) is 0.593. The lowest BCUT2D eigenvalue weighted by Gasteiger charge is -2.12. The number of benzene rings is 1. The van der Waals surface area contributed by atoms with Crippen molar-refractivity contribution >= 4 is 0 Å². The van der Waals surface area contributed by atoms with E-state index in [1.54, 1.807) is 6.07 Å². The minimum absolute atomic E-state index is 0.0743. The van der Waals surface area contributed by atoms with Crippen LogP contribution in [-0.2, 0) is 11.2 Å². The van der Waals surface area contributed by atoms with E-state index in [4.69, 9.17) is 10.5 Å². The molecule has 1 rings (SSSR count). The molecule has 0 heterocycles. The SMILES string of the molecule is CCC(N)Cc1cc(F)cc(OCCOCC(F)(F)F)c1. The lowest BCUT2D eigenvalue weighted by Crippen LogP contribution is -2.21. The van der Waals surface area contributed by atoms with Gasteiger partial charge in [-0.05, 0) is 30.5 Å². The molecule has 0 amide bonds. The molecule has 1 aromatic rings. The lowest BCUT2D eigenvalue weighted by molar-refractivity contribution is -0.175. The zero-order valence-corrected chi connectivity index (χ0v) is 11.8. The van der Waals surface area contributed by atoms with Crippen LogP contribution < -0.4 is 10.5 Å². The number of hydrogen-bond acceptors (Lipinski definition) is 3. The summed E-state index contributed by atoms with van der Waals surface area (Å²) in [5.74, 6) is -0.217. The first kappa shape index (κ1) is 17.7.